The van der Waals surface area contributed by atoms with Gasteiger partial charge in [0.05, 0.1) is 5.69 Å². The highest BCUT2D eigenvalue weighted by atomic mass is 79.9. The maximum absolute atomic E-state index is 12.0. The summed E-state index contributed by atoms with van der Waals surface area (Å²) in [5.74, 6) is 2.40. The van der Waals surface area contributed by atoms with E-state index in [-0.39, 0.29) is 11.8 Å². The van der Waals surface area contributed by atoms with Crippen LogP contribution in [-0.4, -0.2) is 17.4 Å². The number of hydrogen-bond donors (Lipinski definition) is 1. The van der Waals surface area contributed by atoms with Crippen molar-refractivity contribution in [1.82, 2.24) is 0 Å². The lowest BCUT2D eigenvalue weighted by atomic mass is 10.0. The molecule has 0 atom stereocenters. The number of amides is 1. The summed E-state index contributed by atoms with van der Waals surface area (Å²) < 4.78 is 0.862. The van der Waals surface area contributed by atoms with Gasteiger partial charge in [-0.15, -0.1) is 0 Å². The van der Waals surface area contributed by atoms with Crippen LogP contribution in [0.2, 0.25) is 5.02 Å². The van der Waals surface area contributed by atoms with E-state index in [0.717, 1.165) is 34.5 Å². The normalized spacial score (nSPS) is 16.8. The van der Waals surface area contributed by atoms with Crippen molar-refractivity contribution in [2.75, 3.05) is 16.8 Å². The first-order valence-corrected chi connectivity index (χ1v) is 7.83. The van der Waals surface area contributed by atoms with E-state index in [4.69, 9.17) is 11.6 Å². The van der Waals surface area contributed by atoms with Crippen LogP contribution in [0.15, 0.2) is 22.7 Å². The number of hydrogen-bond acceptors (Lipinski definition) is 2. The molecule has 0 bridgehead atoms. The molecule has 0 aliphatic carbocycles. The predicted molar refractivity (Wildman–Crippen MR) is 77.8 cm³/mol. The molecular formula is C12H13BrClNOS. The second-order valence-corrected chi connectivity index (χ2v) is 6.52. The number of anilines is 1. The molecule has 0 spiro atoms. The lowest BCUT2D eigenvalue weighted by molar-refractivity contribution is -0.120. The minimum Gasteiger partial charge on any atom is -0.325 e. The molecule has 1 aromatic rings. The number of thioether (sulfide) groups is 1. The van der Waals surface area contributed by atoms with E-state index in [1.54, 1.807) is 12.1 Å². The zero-order chi connectivity index (χ0) is 12.3. The fraction of sp³-hybridized carbons (Fsp3) is 0.417. The summed E-state index contributed by atoms with van der Waals surface area (Å²) in [6.07, 6.45) is 1.93. The number of carbonyl (C=O) groups is 1. The third kappa shape index (κ3) is 3.63. The van der Waals surface area contributed by atoms with Crippen molar-refractivity contribution in [3.63, 3.8) is 0 Å². The fourth-order valence-corrected chi connectivity index (χ4v) is 3.41. The lowest BCUT2D eigenvalue weighted by Crippen LogP contribution is -2.26. The molecule has 5 heteroatoms. The molecule has 1 fully saturated rings. The van der Waals surface area contributed by atoms with Crippen LogP contribution in [0.3, 0.4) is 0 Å². The van der Waals surface area contributed by atoms with Crippen LogP contribution in [-0.2, 0) is 4.79 Å². The standard InChI is InChI=1S/C12H13BrClNOS/c13-10-2-1-9(14)7-11(10)15-12(16)8-3-5-17-6-4-8/h1-2,7-8H,3-6H2,(H,15,16). The third-order valence-corrected chi connectivity index (χ3v) is 4.75. The van der Waals surface area contributed by atoms with Crippen LogP contribution in [0, 0.1) is 5.92 Å². The zero-order valence-corrected chi connectivity index (χ0v) is 12.4. The maximum atomic E-state index is 12.0. The number of benzene rings is 1. The second kappa shape index (κ2) is 6.12. The van der Waals surface area contributed by atoms with Gasteiger partial charge in [0.25, 0.3) is 0 Å². The summed E-state index contributed by atoms with van der Waals surface area (Å²) in [5.41, 5.74) is 0.751. The summed E-state index contributed by atoms with van der Waals surface area (Å²) >= 11 is 11.2. The van der Waals surface area contributed by atoms with Crippen molar-refractivity contribution < 1.29 is 4.79 Å². The van der Waals surface area contributed by atoms with E-state index in [1.807, 2.05) is 17.8 Å². The molecule has 2 nitrogen and oxygen atoms in total. The van der Waals surface area contributed by atoms with E-state index in [2.05, 4.69) is 21.2 Å². The molecule has 92 valence electrons. The largest absolute Gasteiger partial charge is 0.325 e. The smallest absolute Gasteiger partial charge is 0.227 e. The van der Waals surface area contributed by atoms with Gasteiger partial charge in [0, 0.05) is 15.4 Å². The predicted octanol–water partition coefficient (Wildman–Crippen LogP) is 4.18. The molecule has 1 aliphatic rings. The number of rotatable bonds is 2. The Balaban J connectivity index is 2.04. The first-order valence-electron chi connectivity index (χ1n) is 5.50. The molecule has 2 rings (SSSR count). The Morgan fingerprint density at radius 2 is 2.12 bits per heavy atom. The van der Waals surface area contributed by atoms with Crippen molar-refractivity contribution in [3.05, 3.63) is 27.7 Å². The number of nitrogens with one attached hydrogen (secondary N) is 1. The van der Waals surface area contributed by atoms with Gasteiger partial charge in [0.1, 0.15) is 0 Å². The summed E-state index contributed by atoms with van der Waals surface area (Å²) in [4.78, 5) is 12.0. The van der Waals surface area contributed by atoms with Gasteiger partial charge in [0.2, 0.25) is 5.91 Å². The quantitative estimate of drug-likeness (QED) is 0.879. The third-order valence-electron chi connectivity index (χ3n) is 2.78. The van der Waals surface area contributed by atoms with Gasteiger partial charge in [0.15, 0.2) is 0 Å². The minimum absolute atomic E-state index is 0.105. The van der Waals surface area contributed by atoms with E-state index < -0.39 is 0 Å². The van der Waals surface area contributed by atoms with Gasteiger partial charge in [-0.25, -0.2) is 0 Å². The van der Waals surface area contributed by atoms with Gasteiger partial charge in [-0.2, -0.15) is 11.8 Å². The molecule has 0 aromatic heterocycles. The summed E-state index contributed by atoms with van der Waals surface area (Å²) in [7, 11) is 0. The average Bonchev–Trinajstić information content (AvgIpc) is 2.35. The molecule has 1 amide bonds. The number of carbonyl (C=O) groups excluding carboxylic acids is 1. The van der Waals surface area contributed by atoms with Crippen LogP contribution in [0.1, 0.15) is 12.8 Å². The second-order valence-electron chi connectivity index (χ2n) is 4.00. The van der Waals surface area contributed by atoms with Crippen LogP contribution in [0.5, 0.6) is 0 Å². The molecule has 17 heavy (non-hydrogen) atoms. The van der Waals surface area contributed by atoms with Crippen molar-refractivity contribution in [2.24, 2.45) is 5.92 Å². The number of halogens is 2. The highest BCUT2D eigenvalue weighted by Crippen LogP contribution is 2.28. The summed E-state index contributed by atoms with van der Waals surface area (Å²) in [5, 5.41) is 3.57. The topological polar surface area (TPSA) is 29.1 Å². The average molecular weight is 335 g/mol. The van der Waals surface area contributed by atoms with E-state index in [0.29, 0.717) is 5.02 Å². The molecule has 1 heterocycles. The Labute approximate surface area is 119 Å². The van der Waals surface area contributed by atoms with Crippen molar-refractivity contribution >= 4 is 50.9 Å². The molecule has 1 aliphatic heterocycles. The Morgan fingerprint density at radius 3 is 2.82 bits per heavy atom. The van der Waals surface area contributed by atoms with Crippen LogP contribution in [0.4, 0.5) is 5.69 Å². The molecule has 0 unspecified atom stereocenters. The molecule has 0 saturated carbocycles. The molecule has 1 saturated heterocycles. The maximum Gasteiger partial charge on any atom is 0.227 e. The first kappa shape index (κ1) is 13.2. The van der Waals surface area contributed by atoms with Crippen molar-refractivity contribution in [3.8, 4) is 0 Å². The van der Waals surface area contributed by atoms with Crippen molar-refractivity contribution in [1.29, 1.82) is 0 Å². The summed E-state index contributed by atoms with van der Waals surface area (Å²) in [6.45, 7) is 0. The van der Waals surface area contributed by atoms with Crippen LogP contribution in [0.25, 0.3) is 0 Å². The van der Waals surface area contributed by atoms with Gasteiger partial charge < -0.3 is 5.32 Å². The minimum atomic E-state index is 0.105. The van der Waals surface area contributed by atoms with E-state index >= 15 is 0 Å². The Morgan fingerprint density at radius 1 is 1.41 bits per heavy atom. The molecule has 1 aromatic carbocycles. The fourth-order valence-electron chi connectivity index (χ4n) is 1.79. The SMILES string of the molecule is O=C(Nc1cc(Cl)ccc1Br)C1CCSCC1. The highest BCUT2D eigenvalue weighted by Gasteiger charge is 2.21. The Kier molecular flexibility index (Phi) is 4.77. The van der Waals surface area contributed by atoms with E-state index in [9.17, 15) is 4.79 Å². The molecular weight excluding hydrogens is 322 g/mol. The first-order chi connectivity index (χ1) is 8.16. The zero-order valence-electron chi connectivity index (χ0n) is 9.21. The summed E-state index contributed by atoms with van der Waals surface area (Å²) in [6, 6.07) is 5.40. The van der Waals surface area contributed by atoms with Crippen LogP contribution >= 0.6 is 39.3 Å². The van der Waals surface area contributed by atoms with Gasteiger partial charge in [-0.05, 0) is 58.5 Å². The van der Waals surface area contributed by atoms with Crippen LogP contribution < -0.4 is 5.32 Å². The lowest BCUT2D eigenvalue weighted by Gasteiger charge is -2.20. The Hall–Kier alpha value is -0.190. The van der Waals surface area contributed by atoms with Crippen molar-refractivity contribution in [2.45, 2.75) is 12.8 Å². The molecule has 0 radical (unpaired) electrons. The van der Waals surface area contributed by atoms with E-state index in [1.165, 1.54) is 0 Å². The Bertz CT molecular complexity index is 421. The monoisotopic (exact) mass is 333 g/mol. The van der Waals surface area contributed by atoms with Gasteiger partial charge in [-0.1, -0.05) is 11.6 Å². The van der Waals surface area contributed by atoms with Gasteiger partial charge >= 0.3 is 0 Å². The van der Waals surface area contributed by atoms with Gasteiger partial charge in [-0.3, -0.25) is 4.79 Å². The molecule has 1 N–H and O–H groups in total. The highest BCUT2D eigenvalue weighted by molar-refractivity contribution is 9.10.